The molecular weight excluding hydrogens is 677 g/mol. The van der Waals surface area contributed by atoms with Gasteiger partial charge in [0.05, 0.1) is 22.4 Å². The SMILES string of the molecule is Cc1ccc(-c2ccc3ccc4ccc(-c5ccc(-c6ccc7ccc8ccc(-c9ccc(C)c%10ccccc9%10)cc8c7n6)cc5)nc4c3c2)c2ccccc12. The number of pyridine rings is 2. The third-order valence-electron chi connectivity index (χ3n) is 11.7. The van der Waals surface area contributed by atoms with E-state index in [1.165, 1.54) is 65.7 Å². The first kappa shape index (κ1) is 32.3. The predicted octanol–water partition coefficient (Wildman–Crippen LogP) is 14.7. The normalized spacial score (nSPS) is 11.8. The Morgan fingerprint density at radius 1 is 0.286 bits per heavy atom. The average Bonchev–Trinajstić information content (AvgIpc) is 3.26. The highest BCUT2D eigenvalue weighted by molar-refractivity contribution is 6.10. The fraction of sp³-hybridized carbons (Fsp3) is 0.0370. The van der Waals surface area contributed by atoms with Crippen molar-refractivity contribution < 1.29 is 0 Å². The highest BCUT2D eigenvalue weighted by Crippen LogP contribution is 2.37. The van der Waals surface area contributed by atoms with Gasteiger partial charge in [-0.1, -0.05) is 158 Å². The van der Waals surface area contributed by atoms with Crippen LogP contribution in [0.3, 0.4) is 0 Å². The van der Waals surface area contributed by atoms with Gasteiger partial charge in [0.1, 0.15) is 0 Å². The molecule has 0 atom stereocenters. The minimum atomic E-state index is 0.955. The summed E-state index contributed by atoms with van der Waals surface area (Å²) in [6, 6.07) is 66.0. The second-order valence-electron chi connectivity index (χ2n) is 15.1. The van der Waals surface area contributed by atoms with Crippen LogP contribution in [0.5, 0.6) is 0 Å². The van der Waals surface area contributed by atoms with E-state index in [-0.39, 0.29) is 0 Å². The summed E-state index contributed by atoms with van der Waals surface area (Å²) in [6.07, 6.45) is 0. The summed E-state index contributed by atoms with van der Waals surface area (Å²) >= 11 is 0. The summed E-state index contributed by atoms with van der Waals surface area (Å²) < 4.78 is 0. The van der Waals surface area contributed by atoms with E-state index in [4.69, 9.17) is 9.97 Å². The summed E-state index contributed by atoms with van der Waals surface area (Å²) in [5, 5.41) is 12.1. The predicted molar refractivity (Wildman–Crippen MR) is 238 cm³/mol. The molecule has 0 aliphatic rings. The van der Waals surface area contributed by atoms with Crippen LogP contribution >= 0.6 is 0 Å². The highest BCUT2D eigenvalue weighted by Gasteiger charge is 2.13. The maximum absolute atomic E-state index is 5.30. The molecule has 0 spiro atoms. The zero-order valence-corrected chi connectivity index (χ0v) is 31.2. The third-order valence-corrected chi connectivity index (χ3v) is 11.7. The molecule has 11 rings (SSSR count). The Morgan fingerprint density at radius 3 is 1.09 bits per heavy atom. The molecule has 0 N–H and O–H groups in total. The summed E-state index contributed by atoms with van der Waals surface area (Å²) in [7, 11) is 0. The molecule has 56 heavy (non-hydrogen) atoms. The second-order valence-corrected chi connectivity index (χ2v) is 15.1. The Balaban J connectivity index is 0.968. The van der Waals surface area contributed by atoms with Crippen molar-refractivity contribution in [2.24, 2.45) is 0 Å². The van der Waals surface area contributed by atoms with Crippen molar-refractivity contribution in [3.8, 4) is 44.8 Å². The van der Waals surface area contributed by atoms with Crippen LogP contribution in [0.2, 0.25) is 0 Å². The molecule has 2 heterocycles. The minimum absolute atomic E-state index is 0.955. The van der Waals surface area contributed by atoms with Crippen molar-refractivity contribution in [1.82, 2.24) is 9.97 Å². The number of rotatable bonds is 4. The van der Waals surface area contributed by atoms with Crippen molar-refractivity contribution in [2.75, 3.05) is 0 Å². The fourth-order valence-corrected chi connectivity index (χ4v) is 8.68. The Bertz CT molecular complexity index is 3150. The van der Waals surface area contributed by atoms with Crippen LogP contribution in [-0.2, 0) is 0 Å². The Hall–Kier alpha value is -7.16. The molecule has 2 nitrogen and oxygen atoms in total. The lowest BCUT2D eigenvalue weighted by Crippen LogP contribution is -1.90. The van der Waals surface area contributed by atoms with E-state index in [0.29, 0.717) is 0 Å². The molecule has 0 aliphatic carbocycles. The van der Waals surface area contributed by atoms with E-state index >= 15 is 0 Å². The van der Waals surface area contributed by atoms with Gasteiger partial charge in [-0.3, -0.25) is 0 Å². The van der Waals surface area contributed by atoms with Gasteiger partial charge in [0, 0.05) is 32.7 Å². The highest BCUT2D eigenvalue weighted by atomic mass is 14.7. The summed E-state index contributed by atoms with van der Waals surface area (Å²) in [5.74, 6) is 0. The lowest BCUT2D eigenvalue weighted by molar-refractivity contribution is 1.39. The number of hydrogen-bond acceptors (Lipinski definition) is 2. The van der Waals surface area contributed by atoms with Crippen molar-refractivity contribution >= 4 is 64.9 Å². The van der Waals surface area contributed by atoms with Crippen molar-refractivity contribution in [3.63, 3.8) is 0 Å². The Labute approximate surface area is 325 Å². The first-order valence-corrected chi connectivity index (χ1v) is 19.3. The maximum Gasteiger partial charge on any atom is 0.0788 e. The topological polar surface area (TPSA) is 25.8 Å². The lowest BCUT2D eigenvalue weighted by Gasteiger charge is -2.12. The van der Waals surface area contributed by atoms with E-state index in [1.54, 1.807) is 0 Å². The zero-order valence-electron chi connectivity index (χ0n) is 31.2. The van der Waals surface area contributed by atoms with E-state index in [2.05, 4.69) is 196 Å². The molecule has 0 bridgehead atoms. The molecule has 0 unspecified atom stereocenters. The van der Waals surface area contributed by atoms with Crippen LogP contribution < -0.4 is 0 Å². The van der Waals surface area contributed by atoms with E-state index in [1.807, 2.05) is 0 Å². The number of nitrogens with zero attached hydrogens (tertiary/aromatic N) is 2. The van der Waals surface area contributed by atoms with Gasteiger partial charge in [0.2, 0.25) is 0 Å². The number of benzene rings is 9. The van der Waals surface area contributed by atoms with Crippen LogP contribution in [0, 0.1) is 13.8 Å². The largest absolute Gasteiger partial charge is 0.247 e. The smallest absolute Gasteiger partial charge is 0.0788 e. The summed E-state index contributed by atoms with van der Waals surface area (Å²) in [5.41, 5.74) is 13.6. The van der Waals surface area contributed by atoms with Crippen molar-refractivity contribution in [3.05, 3.63) is 193 Å². The first-order valence-electron chi connectivity index (χ1n) is 19.3. The third kappa shape index (κ3) is 5.26. The van der Waals surface area contributed by atoms with Crippen LogP contribution in [0.4, 0.5) is 0 Å². The zero-order chi connectivity index (χ0) is 37.3. The number of aromatic nitrogens is 2. The summed E-state index contributed by atoms with van der Waals surface area (Å²) in [6.45, 7) is 4.36. The molecule has 0 aliphatic heterocycles. The molecule has 0 saturated heterocycles. The van der Waals surface area contributed by atoms with Gasteiger partial charge in [-0.2, -0.15) is 0 Å². The molecule has 0 fully saturated rings. The van der Waals surface area contributed by atoms with Crippen molar-refractivity contribution in [2.45, 2.75) is 13.8 Å². The van der Waals surface area contributed by atoms with E-state index < -0.39 is 0 Å². The van der Waals surface area contributed by atoms with Crippen LogP contribution in [0.25, 0.3) is 110 Å². The van der Waals surface area contributed by atoms with E-state index in [9.17, 15) is 0 Å². The monoisotopic (exact) mass is 712 g/mol. The van der Waals surface area contributed by atoms with Crippen LogP contribution in [0.15, 0.2) is 182 Å². The molecule has 11 aromatic rings. The second kappa shape index (κ2) is 12.7. The van der Waals surface area contributed by atoms with Gasteiger partial charge in [-0.25, -0.2) is 9.97 Å². The average molecular weight is 713 g/mol. The number of aryl methyl sites for hydroxylation is 2. The quantitative estimate of drug-likeness (QED) is 0.170. The lowest BCUT2D eigenvalue weighted by atomic mass is 9.93. The fourth-order valence-electron chi connectivity index (χ4n) is 8.68. The van der Waals surface area contributed by atoms with Crippen LogP contribution in [-0.4, -0.2) is 9.97 Å². The van der Waals surface area contributed by atoms with Gasteiger partial charge in [0.25, 0.3) is 0 Å². The molecule has 2 heteroatoms. The van der Waals surface area contributed by atoms with E-state index in [0.717, 1.165) is 55.1 Å². The maximum atomic E-state index is 5.30. The van der Waals surface area contributed by atoms with Gasteiger partial charge in [-0.05, 0) is 104 Å². The van der Waals surface area contributed by atoms with Gasteiger partial charge < -0.3 is 0 Å². The van der Waals surface area contributed by atoms with Crippen molar-refractivity contribution in [1.29, 1.82) is 0 Å². The molecule has 0 saturated carbocycles. The molecular formula is C54H36N2. The van der Waals surface area contributed by atoms with Gasteiger partial charge in [-0.15, -0.1) is 0 Å². The standard InChI is InChI=1S/C54H36N2/c1-33-11-27-45(47-9-5-3-7-43(33)47)41-23-15-35-13-21-39-25-29-51(55-53(39)49(35)31-41)37-17-19-38(20-18-37)52-30-26-40-22-14-36-16-24-42(32-50(36)54(40)56-52)46-28-12-34(2)44-8-4-6-10-48(44)46/h3-32H,1-2H3. The molecule has 9 aromatic carbocycles. The molecule has 262 valence electrons. The van der Waals surface area contributed by atoms with Gasteiger partial charge >= 0.3 is 0 Å². The van der Waals surface area contributed by atoms with Gasteiger partial charge in [0.15, 0.2) is 0 Å². The number of hydrogen-bond donors (Lipinski definition) is 0. The summed E-state index contributed by atoms with van der Waals surface area (Å²) in [4.78, 5) is 10.6. The first-order chi connectivity index (χ1) is 27.6. The van der Waals surface area contributed by atoms with Crippen LogP contribution in [0.1, 0.15) is 11.1 Å². The molecule has 0 amide bonds. The molecule has 2 aromatic heterocycles. The Morgan fingerprint density at radius 2 is 0.643 bits per heavy atom. The number of fused-ring (bicyclic) bond motifs is 8. The Kier molecular flexibility index (Phi) is 7.33. The minimum Gasteiger partial charge on any atom is -0.247 e. The molecule has 0 radical (unpaired) electrons.